The van der Waals surface area contributed by atoms with Crippen LogP contribution in [0.1, 0.15) is 97.3 Å². The van der Waals surface area contributed by atoms with E-state index in [-0.39, 0.29) is 6.03 Å². The van der Waals surface area contributed by atoms with Crippen LogP contribution in [0.4, 0.5) is 4.79 Å². The third kappa shape index (κ3) is 9.00. The van der Waals surface area contributed by atoms with Gasteiger partial charge in [-0.1, -0.05) is 71.6 Å². The lowest BCUT2D eigenvalue weighted by molar-refractivity contribution is 0.229. The van der Waals surface area contributed by atoms with Gasteiger partial charge < -0.3 is 10.6 Å². The van der Waals surface area contributed by atoms with Gasteiger partial charge in [-0.2, -0.15) is 0 Å². The molecule has 0 aromatic rings. The molecule has 1 fully saturated rings. The van der Waals surface area contributed by atoms with Crippen LogP contribution in [0.3, 0.4) is 0 Å². The zero-order valence-electron chi connectivity index (χ0n) is 14.3. The summed E-state index contributed by atoms with van der Waals surface area (Å²) in [5.74, 6) is 0. The molecular formula is C18H36N2O. The minimum Gasteiger partial charge on any atom is -0.335 e. The summed E-state index contributed by atoms with van der Waals surface area (Å²) < 4.78 is 0. The Bertz CT molecular complexity index is 252. The Hall–Kier alpha value is -0.730. The molecule has 0 bridgehead atoms. The van der Waals surface area contributed by atoms with E-state index in [0.717, 1.165) is 25.7 Å². The number of hydrogen-bond donors (Lipinski definition) is 2. The Morgan fingerprint density at radius 2 is 1.29 bits per heavy atom. The molecule has 0 atom stereocenters. The highest BCUT2D eigenvalue weighted by atomic mass is 16.2. The van der Waals surface area contributed by atoms with Crippen molar-refractivity contribution in [2.24, 2.45) is 0 Å². The lowest BCUT2D eigenvalue weighted by atomic mass is 9.98. The highest BCUT2D eigenvalue weighted by Crippen LogP contribution is 2.17. The molecule has 0 unspecified atom stereocenters. The molecule has 1 aliphatic rings. The molecule has 0 heterocycles. The molecule has 1 saturated carbocycles. The molecule has 1 aliphatic carbocycles. The molecule has 0 aliphatic heterocycles. The minimum atomic E-state index is 0.0424. The second-order valence-electron chi connectivity index (χ2n) is 6.59. The van der Waals surface area contributed by atoms with Crippen molar-refractivity contribution in [1.29, 1.82) is 0 Å². The van der Waals surface area contributed by atoms with Crippen molar-refractivity contribution in [2.75, 3.05) is 0 Å². The molecular weight excluding hydrogens is 260 g/mol. The molecule has 3 heteroatoms. The molecule has 0 aromatic heterocycles. The number of carbonyl (C=O) groups excluding carboxylic acids is 1. The van der Waals surface area contributed by atoms with Crippen LogP contribution in [0.15, 0.2) is 0 Å². The van der Waals surface area contributed by atoms with Crippen LogP contribution in [-0.4, -0.2) is 18.1 Å². The van der Waals surface area contributed by atoms with E-state index in [2.05, 4.69) is 24.5 Å². The van der Waals surface area contributed by atoms with Crippen LogP contribution in [0, 0.1) is 0 Å². The second kappa shape index (κ2) is 11.9. The fourth-order valence-corrected chi connectivity index (χ4v) is 3.21. The van der Waals surface area contributed by atoms with Crippen LogP contribution in [0.5, 0.6) is 0 Å². The van der Waals surface area contributed by atoms with Crippen molar-refractivity contribution in [3.63, 3.8) is 0 Å². The first-order chi connectivity index (χ1) is 10.3. The van der Waals surface area contributed by atoms with E-state index in [1.165, 1.54) is 57.8 Å². The third-order valence-corrected chi connectivity index (χ3v) is 4.76. The quantitative estimate of drug-likeness (QED) is 0.740. The average Bonchev–Trinajstić information content (AvgIpc) is 2.47. The number of carbonyl (C=O) groups is 1. The van der Waals surface area contributed by atoms with Gasteiger partial charge in [0.1, 0.15) is 0 Å². The summed E-state index contributed by atoms with van der Waals surface area (Å²) in [6, 6.07) is 0.732. The summed E-state index contributed by atoms with van der Waals surface area (Å²) in [7, 11) is 0. The molecule has 0 saturated heterocycles. The summed E-state index contributed by atoms with van der Waals surface area (Å²) in [6.45, 7) is 4.26. The van der Waals surface area contributed by atoms with E-state index in [1.54, 1.807) is 0 Å². The maximum atomic E-state index is 12.1. The zero-order chi connectivity index (χ0) is 15.3. The Balaban J connectivity index is 2.34. The van der Waals surface area contributed by atoms with Crippen LogP contribution >= 0.6 is 0 Å². The van der Waals surface area contributed by atoms with Crippen molar-refractivity contribution >= 4 is 6.03 Å². The fraction of sp³-hybridized carbons (Fsp3) is 0.944. The first-order valence-corrected chi connectivity index (χ1v) is 9.33. The van der Waals surface area contributed by atoms with E-state index in [4.69, 9.17) is 0 Å². The van der Waals surface area contributed by atoms with Gasteiger partial charge in [-0.15, -0.1) is 0 Å². The van der Waals surface area contributed by atoms with Gasteiger partial charge in [0, 0.05) is 12.1 Å². The molecule has 124 valence electrons. The maximum Gasteiger partial charge on any atom is 0.315 e. The lowest BCUT2D eigenvalue weighted by Crippen LogP contribution is -2.46. The molecule has 3 nitrogen and oxygen atoms in total. The SMILES string of the molecule is CCC(CC)NC(=O)NC1CCCCCCCCCCC1. The largest absolute Gasteiger partial charge is 0.335 e. The zero-order valence-corrected chi connectivity index (χ0v) is 14.3. The summed E-state index contributed by atoms with van der Waals surface area (Å²) in [5.41, 5.74) is 0. The van der Waals surface area contributed by atoms with Crippen LogP contribution < -0.4 is 10.6 Å². The van der Waals surface area contributed by atoms with Crippen LogP contribution in [0.25, 0.3) is 0 Å². The second-order valence-corrected chi connectivity index (χ2v) is 6.59. The van der Waals surface area contributed by atoms with Crippen molar-refractivity contribution in [2.45, 2.75) is 109 Å². The Morgan fingerprint density at radius 1 is 0.857 bits per heavy atom. The van der Waals surface area contributed by atoms with Gasteiger partial charge in [-0.05, 0) is 25.7 Å². The molecule has 1 rings (SSSR count). The first kappa shape index (κ1) is 18.3. The summed E-state index contributed by atoms with van der Waals surface area (Å²) in [5, 5.41) is 6.32. The van der Waals surface area contributed by atoms with Crippen molar-refractivity contribution < 1.29 is 4.79 Å². The first-order valence-electron chi connectivity index (χ1n) is 9.33. The normalized spacial score (nSPS) is 19.6. The van der Waals surface area contributed by atoms with Crippen molar-refractivity contribution in [3.05, 3.63) is 0 Å². The van der Waals surface area contributed by atoms with Gasteiger partial charge >= 0.3 is 6.03 Å². The number of amides is 2. The smallest absolute Gasteiger partial charge is 0.315 e. The number of urea groups is 1. The van der Waals surface area contributed by atoms with Gasteiger partial charge in [0.05, 0.1) is 0 Å². The van der Waals surface area contributed by atoms with E-state index in [0.29, 0.717) is 12.1 Å². The van der Waals surface area contributed by atoms with Gasteiger partial charge in [0.25, 0.3) is 0 Å². The van der Waals surface area contributed by atoms with E-state index in [9.17, 15) is 4.79 Å². The Labute approximate surface area is 131 Å². The van der Waals surface area contributed by atoms with Gasteiger partial charge in [-0.25, -0.2) is 4.79 Å². The predicted molar refractivity (Wildman–Crippen MR) is 90.6 cm³/mol. The average molecular weight is 296 g/mol. The Kier molecular flexibility index (Phi) is 10.4. The highest BCUT2D eigenvalue weighted by molar-refractivity contribution is 5.74. The topological polar surface area (TPSA) is 41.1 Å². The third-order valence-electron chi connectivity index (χ3n) is 4.76. The van der Waals surface area contributed by atoms with E-state index in [1.807, 2.05) is 0 Å². The van der Waals surface area contributed by atoms with Gasteiger partial charge in [0.2, 0.25) is 0 Å². The minimum absolute atomic E-state index is 0.0424. The Morgan fingerprint density at radius 3 is 1.71 bits per heavy atom. The van der Waals surface area contributed by atoms with Crippen molar-refractivity contribution in [3.8, 4) is 0 Å². The maximum absolute atomic E-state index is 12.1. The lowest BCUT2D eigenvalue weighted by Gasteiger charge is -2.22. The standard InChI is InChI=1S/C18H36N2O/c1-3-16(4-2)19-18(21)20-17-14-12-10-8-6-5-7-9-11-13-15-17/h16-17H,3-15H2,1-2H3,(H2,19,20,21). The van der Waals surface area contributed by atoms with Crippen LogP contribution in [-0.2, 0) is 0 Å². The fourth-order valence-electron chi connectivity index (χ4n) is 3.21. The molecule has 0 spiro atoms. The van der Waals surface area contributed by atoms with E-state index < -0.39 is 0 Å². The van der Waals surface area contributed by atoms with Gasteiger partial charge in [-0.3, -0.25) is 0 Å². The summed E-state index contributed by atoms with van der Waals surface area (Å²) in [6.07, 6.45) is 16.4. The molecule has 0 radical (unpaired) electrons. The monoisotopic (exact) mass is 296 g/mol. The summed E-state index contributed by atoms with van der Waals surface area (Å²) >= 11 is 0. The van der Waals surface area contributed by atoms with E-state index >= 15 is 0 Å². The van der Waals surface area contributed by atoms with Crippen molar-refractivity contribution in [1.82, 2.24) is 10.6 Å². The van der Waals surface area contributed by atoms with Crippen LogP contribution in [0.2, 0.25) is 0 Å². The van der Waals surface area contributed by atoms with Gasteiger partial charge in [0.15, 0.2) is 0 Å². The number of nitrogens with one attached hydrogen (secondary N) is 2. The predicted octanol–water partition coefficient (Wildman–Crippen LogP) is 5.15. The molecule has 0 aromatic carbocycles. The molecule has 2 N–H and O–H groups in total. The number of hydrogen-bond acceptors (Lipinski definition) is 1. The molecule has 2 amide bonds. The molecule has 21 heavy (non-hydrogen) atoms. The summed E-state index contributed by atoms with van der Waals surface area (Å²) in [4.78, 5) is 12.1. The highest BCUT2D eigenvalue weighted by Gasteiger charge is 2.14. The number of rotatable bonds is 4.